The van der Waals surface area contributed by atoms with Gasteiger partial charge in [-0.15, -0.1) is 0 Å². The highest BCUT2D eigenvalue weighted by Crippen LogP contribution is 2.21. The second-order valence-corrected chi connectivity index (χ2v) is 6.73. The third-order valence-corrected chi connectivity index (χ3v) is 4.30. The lowest BCUT2D eigenvalue weighted by Crippen LogP contribution is -2.28. The molecule has 1 aromatic carbocycles. The molecule has 1 heterocycles. The van der Waals surface area contributed by atoms with Crippen LogP contribution in [0.5, 0.6) is 5.75 Å². The Morgan fingerprint density at radius 1 is 1.04 bits per heavy atom. The van der Waals surface area contributed by atoms with Crippen molar-refractivity contribution in [3.63, 3.8) is 0 Å². The maximum absolute atomic E-state index is 12.6. The molecule has 0 radical (unpaired) electrons. The number of aromatic nitrogens is 1. The fraction of sp³-hybridized carbons (Fsp3) is 0.381. The Labute approximate surface area is 164 Å². The average Bonchev–Trinajstić information content (AvgIpc) is 2.92. The zero-order valence-corrected chi connectivity index (χ0v) is 17.0. The number of nitrogens with one attached hydrogen (secondary N) is 1. The van der Waals surface area contributed by atoms with E-state index in [1.54, 1.807) is 13.8 Å². The fourth-order valence-corrected chi connectivity index (χ4v) is 3.05. The van der Waals surface area contributed by atoms with Gasteiger partial charge in [-0.05, 0) is 63.4 Å². The molecule has 0 saturated carbocycles. The molecule has 1 unspecified atom stereocenters. The van der Waals surface area contributed by atoms with Gasteiger partial charge in [-0.1, -0.05) is 6.07 Å². The van der Waals surface area contributed by atoms with Crippen LogP contribution >= 0.6 is 0 Å². The van der Waals surface area contributed by atoms with Crippen LogP contribution in [0.1, 0.15) is 50.2 Å². The smallest absolute Gasteiger partial charge is 0.344 e. The summed E-state index contributed by atoms with van der Waals surface area (Å²) < 4.78 is 15.4. The lowest BCUT2D eigenvalue weighted by Gasteiger charge is -2.13. The molecule has 1 atom stereocenters. The number of carbonyl (C=O) groups is 3. The summed E-state index contributed by atoms with van der Waals surface area (Å²) in [6.45, 7) is 8.34. The zero-order valence-electron chi connectivity index (χ0n) is 17.0. The van der Waals surface area contributed by atoms with Gasteiger partial charge in [-0.25, -0.2) is 9.59 Å². The van der Waals surface area contributed by atoms with E-state index in [9.17, 15) is 14.4 Å². The first-order chi connectivity index (χ1) is 13.1. The second-order valence-electron chi connectivity index (χ2n) is 6.73. The minimum Gasteiger partial charge on any atom is -0.482 e. The van der Waals surface area contributed by atoms with Crippen LogP contribution in [-0.2, 0) is 14.3 Å². The number of methoxy groups -OCH3 is 1. The van der Waals surface area contributed by atoms with Gasteiger partial charge in [-0.3, -0.25) is 4.79 Å². The van der Waals surface area contributed by atoms with Crippen molar-refractivity contribution in [2.75, 3.05) is 13.7 Å². The van der Waals surface area contributed by atoms with Gasteiger partial charge in [0.25, 0.3) is 0 Å². The SMILES string of the molecule is COC(=O)c1c(C)[nH]c(C(=O)C(C)OC(=O)COc2cc(C)cc(C)c2)c1C. The molecule has 28 heavy (non-hydrogen) atoms. The highest BCUT2D eigenvalue weighted by molar-refractivity contribution is 6.03. The van der Waals surface area contributed by atoms with Crippen LogP contribution in [0.4, 0.5) is 0 Å². The summed E-state index contributed by atoms with van der Waals surface area (Å²) in [6, 6.07) is 5.62. The van der Waals surface area contributed by atoms with E-state index in [4.69, 9.17) is 14.2 Å². The van der Waals surface area contributed by atoms with E-state index < -0.39 is 23.8 Å². The van der Waals surface area contributed by atoms with Gasteiger partial charge in [0.05, 0.1) is 18.4 Å². The van der Waals surface area contributed by atoms with Gasteiger partial charge < -0.3 is 19.2 Å². The van der Waals surface area contributed by atoms with Crippen LogP contribution in [0.25, 0.3) is 0 Å². The topological polar surface area (TPSA) is 94.7 Å². The van der Waals surface area contributed by atoms with Crippen molar-refractivity contribution >= 4 is 17.7 Å². The quantitative estimate of drug-likeness (QED) is 0.579. The Balaban J connectivity index is 2.02. The molecule has 2 aromatic rings. The Kier molecular flexibility index (Phi) is 6.62. The van der Waals surface area contributed by atoms with E-state index in [2.05, 4.69) is 4.98 Å². The number of esters is 2. The molecule has 0 aliphatic rings. The Morgan fingerprint density at radius 2 is 1.64 bits per heavy atom. The Morgan fingerprint density at radius 3 is 2.21 bits per heavy atom. The molecule has 0 bridgehead atoms. The summed E-state index contributed by atoms with van der Waals surface area (Å²) >= 11 is 0. The molecule has 150 valence electrons. The van der Waals surface area contributed by atoms with Gasteiger partial charge in [0.15, 0.2) is 12.7 Å². The average molecular weight is 387 g/mol. The van der Waals surface area contributed by atoms with Gasteiger partial charge in [0.2, 0.25) is 5.78 Å². The van der Waals surface area contributed by atoms with Gasteiger partial charge in [0, 0.05) is 5.69 Å². The lowest BCUT2D eigenvalue weighted by molar-refractivity contribution is -0.148. The first-order valence-electron chi connectivity index (χ1n) is 8.86. The second kappa shape index (κ2) is 8.73. The van der Waals surface area contributed by atoms with Crippen LogP contribution in [0.3, 0.4) is 0 Å². The number of aryl methyl sites for hydroxylation is 3. The Bertz CT molecular complexity index is 892. The molecule has 7 nitrogen and oxygen atoms in total. The molecular weight excluding hydrogens is 362 g/mol. The third kappa shape index (κ3) is 4.79. The number of rotatable bonds is 7. The number of H-pyrrole nitrogens is 1. The number of carbonyl (C=O) groups excluding carboxylic acids is 3. The van der Waals surface area contributed by atoms with Crippen LogP contribution < -0.4 is 4.74 Å². The molecule has 0 aliphatic heterocycles. The van der Waals surface area contributed by atoms with E-state index in [-0.39, 0.29) is 12.3 Å². The molecule has 0 fully saturated rings. The van der Waals surface area contributed by atoms with Crippen LogP contribution in [0.2, 0.25) is 0 Å². The molecule has 0 amide bonds. The summed E-state index contributed by atoms with van der Waals surface area (Å²) in [4.78, 5) is 39.4. The third-order valence-electron chi connectivity index (χ3n) is 4.30. The van der Waals surface area contributed by atoms with Crippen molar-refractivity contribution in [2.24, 2.45) is 0 Å². The van der Waals surface area contributed by atoms with Crippen molar-refractivity contribution in [1.29, 1.82) is 0 Å². The fourth-order valence-electron chi connectivity index (χ4n) is 3.05. The minimum absolute atomic E-state index is 0.216. The van der Waals surface area contributed by atoms with Crippen molar-refractivity contribution in [2.45, 2.75) is 40.7 Å². The van der Waals surface area contributed by atoms with E-state index in [1.165, 1.54) is 14.0 Å². The highest BCUT2D eigenvalue weighted by atomic mass is 16.6. The number of ether oxygens (including phenoxy) is 3. The number of hydrogen-bond acceptors (Lipinski definition) is 6. The molecule has 2 rings (SSSR count). The van der Waals surface area contributed by atoms with Crippen LogP contribution in [0.15, 0.2) is 18.2 Å². The van der Waals surface area contributed by atoms with Crippen LogP contribution in [-0.4, -0.2) is 42.5 Å². The minimum atomic E-state index is -1.03. The van der Waals surface area contributed by atoms with Gasteiger partial charge in [-0.2, -0.15) is 0 Å². The van der Waals surface area contributed by atoms with Crippen molar-refractivity contribution < 1.29 is 28.6 Å². The van der Waals surface area contributed by atoms with Crippen molar-refractivity contribution in [3.05, 3.63) is 51.8 Å². The Hall–Kier alpha value is -3.09. The molecule has 0 spiro atoms. The summed E-state index contributed by atoms with van der Waals surface area (Å²) in [6.07, 6.45) is -1.03. The number of hydrogen-bond donors (Lipinski definition) is 1. The standard InChI is InChI=1S/C21H25NO6/c1-11-7-12(2)9-16(8-11)27-10-17(23)28-15(5)20(24)19-13(3)18(14(4)22-19)21(25)26-6/h7-9,15,22H,10H2,1-6H3. The maximum atomic E-state index is 12.6. The lowest BCUT2D eigenvalue weighted by atomic mass is 10.1. The molecule has 0 saturated heterocycles. The van der Waals surface area contributed by atoms with Gasteiger partial charge >= 0.3 is 11.9 Å². The molecule has 0 aliphatic carbocycles. The summed E-state index contributed by atoms with van der Waals surface area (Å²) in [7, 11) is 1.27. The van der Waals surface area contributed by atoms with E-state index >= 15 is 0 Å². The van der Waals surface area contributed by atoms with E-state index in [0.29, 0.717) is 22.6 Å². The van der Waals surface area contributed by atoms with Crippen molar-refractivity contribution in [3.8, 4) is 5.75 Å². The number of benzene rings is 1. The normalized spacial score (nSPS) is 11.6. The number of Topliss-reactive ketones (excluding diaryl/α,β-unsaturated/α-hetero) is 1. The number of ketones is 1. The van der Waals surface area contributed by atoms with E-state index in [0.717, 1.165) is 11.1 Å². The van der Waals surface area contributed by atoms with E-state index in [1.807, 2.05) is 32.0 Å². The van der Waals surface area contributed by atoms with Gasteiger partial charge in [0.1, 0.15) is 5.75 Å². The number of aromatic amines is 1. The van der Waals surface area contributed by atoms with Crippen molar-refractivity contribution in [1.82, 2.24) is 4.98 Å². The summed E-state index contributed by atoms with van der Waals surface area (Å²) in [5, 5.41) is 0. The molecular formula is C21H25NO6. The molecule has 1 aromatic heterocycles. The van der Waals surface area contributed by atoms with Crippen LogP contribution in [0, 0.1) is 27.7 Å². The predicted octanol–water partition coefficient (Wildman–Crippen LogP) is 3.23. The summed E-state index contributed by atoms with van der Waals surface area (Å²) in [5.41, 5.74) is 3.54. The largest absolute Gasteiger partial charge is 0.482 e. The molecule has 7 heteroatoms. The zero-order chi connectivity index (χ0) is 21.0. The first kappa shape index (κ1) is 21.2. The highest BCUT2D eigenvalue weighted by Gasteiger charge is 2.27. The first-order valence-corrected chi connectivity index (χ1v) is 8.86. The molecule has 1 N–H and O–H groups in total. The maximum Gasteiger partial charge on any atom is 0.344 e. The summed E-state index contributed by atoms with van der Waals surface area (Å²) in [5.74, 6) is -1.06. The monoisotopic (exact) mass is 387 g/mol. The predicted molar refractivity (Wildman–Crippen MR) is 103 cm³/mol.